The quantitative estimate of drug-likeness (QED) is 0.138. The minimum absolute atomic E-state index is 0.525. The van der Waals surface area contributed by atoms with Crippen LogP contribution in [0.3, 0.4) is 0 Å². The number of aliphatic hydroxyl groups is 8. The highest BCUT2D eigenvalue weighted by atomic mass is 16.8. The third-order valence-electron chi connectivity index (χ3n) is 6.67. The summed E-state index contributed by atoms with van der Waals surface area (Å²) in [7, 11) is 1.27. The SMILES string of the molecule is CO[C@@H]1OC(CO)[C@H](O[C@@H]2OC(CO)[C@H](O)C(O)C2O[C@H]2OC(C)[C@H](O)C(O)C2O)C(O)C1NC(C)=O. The Morgan fingerprint density at radius 2 is 1.32 bits per heavy atom. The lowest BCUT2D eigenvalue weighted by molar-refractivity contribution is -0.382. The van der Waals surface area contributed by atoms with Crippen LogP contribution in [0.2, 0.25) is 0 Å². The molecule has 3 heterocycles. The smallest absolute Gasteiger partial charge is 0.217 e. The zero-order valence-corrected chi connectivity index (χ0v) is 20.5. The Labute approximate surface area is 212 Å². The molecule has 0 radical (unpaired) electrons. The topological polar surface area (TPSA) is 246 Å². The summed E-state index contributed by atoms with van der Waals surface area (Å²) in [6.45, 7) is 1.19. The van der Waals surface area contributed by atoms with Gasteiger partial charge in [0, 0.05) is 14.0 Å². The highest BCUT2D eigenvalue weighted by Gasteiger charge is 2.53. The number of carbonyl (C=O) groups is 1. The number of amides is 1. The predicted octanol–water partition coefficient (Wildman–Crippen LogP) is -5.75. The maximum absolute atomic E-state index is 11.7. The molecule has 0 bridgehead atoms. The Balaban J connectivity index is 1.87. The van der Waals surface area contributed by atoms with Crippen LogP contribution in [0.4, 0.5) is 0 Å². The van der Waals surface area contributed by atoms with Crippen molar-refractivity contribution in [3.05, 3.63) is 0 Å². The fourth-order valence-corrected chi connectivity index (χ4v) is 4.57. The van der Waals surface area contributed by atoms with Gasteiger partial charge in [-0.25, -0.2) is 0 Å². The van der Waals surface area contributed by atoms with Gasteiger partial charge in [-0.2, -0.15) is 0 Å². The molecule has 0 saturated carbocycles. The zero-order chi connectivity index (χ0) is 27.6. The number of methoxy groups -OCH3 is 1. The molecule has 0 aliphatic carbocycles. The lowest BCUT2D eigenvalue weighted by Gasteiger charge is -2.49. The summed E-state index contributed by atoms with van der Waals surface area (Å²) in [6.07, 6.45) is -21.0. The van der Waals surface area contributed by atoms with Gasteiger partial charge in [-0.15, -0.1) is 0 Å². The van der Waals surface area contributed by atoms with Crippen molar-refractivity contribution in [2.45, 2.75) is 106 Å². The minimum Gasteiger partial charge on any atom is -0.394 e. The molecule has 16 nitrogen and oxygen atoms in total. The molecule has 0 aromatic heterocycles. The van der Waals surface area contributed by atoms with Gasteiger partial charge in [-0.1, -0.05) is 0 Å². The molecule has 3 saturated heterocycles. The van der Waals surface area contributed by atoms with Gasteiger partial charge in [-0.05, 0) is 6.92 Å². The van der Waals surface area contributed by atoms with Crippen molar-refractivity contribution >= 4 is 5.91 Å². The summed E-state index contributed by atoms with van der Waals surface area (Å²) in [5.74, 6) is -0.525. The van der Waals surface area contributed by atoms with Gasteiger partial charge in [0.2, 0.25) is 5.91 Å². The van der Waals surface area contributed by atoms with E-state index >= 15 is 0 Å². The Bertz CT molecular complexity index is 747. The predicted molar refractivity (Wildman–Crippen MR) is 116 cm³/mol. The van der Waals surface area contributed by atoms with Crippen LogP contribution in [0.25, 0.3) is 0 Å². The van der Waals surface area contributed by atoms with E-state index in [1.54, 1.807) is 0 Å². The van der Waals surface area contributed by atoms with Crippen molar-refractivity contribution in [3.8, 4) is 0 Å². The van der Waals surface area contributed by atoms with Gasteiger partial charge >= 0.3 is 0 Å². The minimum atomic E-state index is -1.79. The van der Waals surface area contributed by atoms with Crippen LogP contribution in [0, 0.1) is 0 Å². The standard InChI is InChI=1S/C21H37NO15/c1-6-11(26)14(29)16(31)20(33-6)37-18-15(30)12(27)8(4-23)34-21(18)36-17-9(5-24)35-19(32-3)10(13(17)28)22-7(2)25/h6,8-21,23-24,26-31H,4-5H2,1-3H3,(H,22,25)/t6?,8?,9?,10?,11-,12-,13?,14?,15?,16?,17-,18?,19+,20+,21-/m0/s1. The van der Waals surface area contributed by atoms with E-state index in [4.69, 9.17) is 28.4 Å². The normalized spacial score (nSPS) is 49.0. The van der Waals surface area contributed by atoms with E-state index in [0.29, 0.717) is 0 Å². The average molecular weight is 544 g/mol. The van der Waals surface area contributed by atoms with E-state index in [-0.39, 0.29) is 0 Å². The molecular formula is C21H37NO15. The second-order valence-electron chi connectivity index (χ2n) is 9.27. The number of carbonyl (C=O) groups excluding carboxylic acids is 1. The van der Waals surface area contributed by atoms with Crippen molar-refractivity contribution < 1.29 is 74.1 Å². The molecule has 216 valence electrons. The van der Waals surface area contributed by atoms with E-state index in [9.17, 15) is 45.6 Å². The molecule has 15 atom stereocenters. The highest BCUT2D eigenvalue weighted by molar-refractivity contribution is 5.73. The lowest BCUT2D eigenvalue weighted by Crippen LogP contribution is -2.68. The number of hydrogen-bond acceptors (Lipinski definition) is 15. The molecule has 3 aliphatic rings. The van der Waals surface area contributed by atoms with Gasteiger partial charge in [0.05, 0.1) is 19.3 Å². The first-order valence-electron chi connectivity index (χ1n) is 11.8. The van der Waals surface area contributed by atoms with Gasteiger partial charge in [-0.3, -0.25) is 4.79 Å². The summed E-state index contributed by atoms with van der Waals surface area (Å²) < 4.78 is 33.2. The van der Waals surface area contributed by atoms with Gasteiger partial charge in [0.1, 0.15) is 67.1 Å². The molecule has 0 aromatic rings. The molecule has 9 unspecified atom stereocenters. The maximum Gasteiger partial charge on any atom is 0.217 e. The molecule has 9 N–H and O–H groups in total. The highest BCUT2D eigenvalue weighted by Crippen LogP contribution is 2.33. The third kappa shape index (κ3) is 6.39. The molecule has 3 aliphatic heterocycles. The number of rotatable bonds is 8. The van der Waals surface area contributed by atoms with Crippen molar-refractivity contribution in [1.29, 1.82) is 0 Å². The number of hydrogen-bond donors (Lipinski definition) is 9. The monoisotopic (exact) mass is 543 g/mol. The molecule has 16 heteroatoms. The fourth-order valence-electron chi connectivity index (χ4n) is 4.57. The van der Waals surface area contributed by atoms with E-state index in [1.165, 1.54) is 21.0 Å². The first-order chi connectivity index (χ1) is 17.4. The number of nitrogens with one attached hydrogen (secondary N) is 1. The van der Waals surface area contributed by atoms with Crippen molar-refractivity contribution in [3.63, 3.8) is 0 Å². The van der Waals surface area contributed by atoms with Gasteiger partial charge in [0.25, 0.3) is 0 Å². The number of aliphatic hydroxyl groups excluding tert-OH is 8. The van der Waals surface area contributed by atoms with Crippen LogP contribution in [0.15, 0.2) is 0 Å². The Morgan fingerprint density at radius 3 is 1.89 bits per heavy atom. The lowest BCUT2D eigenvalue weighted by atomic mass is 9.95. The Hall–Kier alpha value is -1.09. The van der Waals surface area contributed by atoms with E-state index < -0.39 is 111 Å². The first-order valence-corrected chi connectivity index (χ1v) is 11.8. The molecule has 37 heavy (non-hydrogen) atoms. The summed E-state index contributed by atoms with van der Waals surface area (Å²) in [6, 6.07) is -1.15. The molecule has 0 spiro atoms. The third-order valence-corrected chi connectivity index (χ3v) is 6.67. The molecule has 3 rings (SSSR count). The van der Waals surface area contributed by atoms with E-state index in [0.717, 1.165) is 0 Å². The first kappa shape index (κ1) is 30.5. The average Bonchev–Trinajstić information content (AvgIpc) is 2.87. The maximum atomic E-state index is 11.7. The van der Waals surface area contributed by atoms with Crippen LogP contribution in [-0.4, -0.2) is 159 Å². The number of ether oxygens (including phenoxy) is 6. The van der Waals surface area contributed by atoms with Crippen molar-refractivity contribution in [1.82, 2.24) is 5.32 Å². The van der Waals surface area contributed by atoms with Crippen LogP contribution in [0.5, 0.6) is 0 Å². The van der Waals surface area contributed by atoms with Crippen molar-refractivity contribution in [2.75, 3.05) is 20.3 Å². The molecule has 3 fully saturated rings. The molecular weight excluding hydrogens is 506 g/mol. The summed E-state index contributed by atoms with van der Waals surface area (Å²) >= 11 is 0. The molecule has 0 aromatic carbocycles. The second-order valence-corrected chi connectivity index (χ2v) is 9.27. The zero-order valence-electron chi connectivity index (χ0n) is 20.5. The largest absolute Gasteiger partial charge is 0.394 e. The summed E-state index contributed by atoms with van der Waals surface area (Å²) in [5.41, 5.74) is 0. The van der Waals surface area contributed by atoms with Crippen molar-refractivity contribution in [2.24, 2.45) is 0 Å². The van der Waals surface area contributed by atoms with E-state index in [1.807, 2.05) is 0 Å². The summed E-state index contributed by atoms with van der Waals surface area (Å²) in [5, 5.41) is 84.5. The Kier molecular flexibility index (Phi) is 10.6. The van der Waals surface area contributed by atoms with Crippen LogP contribution in [-0.2, 0) is 33.2 Å². The van der Waals surface area contributed by atoms with Gasteiger partial charge in [0.15, 0.2) is 18.9 Å². The van der Waals surface area contributed by atoms with Crippen LogP contribution < -0.4 is 5.32 Å². The van der Waals surface area contributed by atoms with Crippen LogP contribution in [0.1, 0.15) is 13.8 Å². The Morgan fingerprint density at radius 1 is 0.730 bits per heavy atom. The second kappa shape index (κ2) is 12.8. The van der Waals surface area contributed by atoms with Crippen LogP contribution >= 0.6 is 0 Å². The molecule has 1 amide bonds. The fraction of sp³-hybridized carbons (Fsp3) is 0.952. The van der Waals surface area contributed by atoms with Gasteiger partial charge < -0.3 is 74.6 Å². The van der Waals surface area contributed by atoms with E-state index in [2.05, 4.69) is 5.32 Å². The summed E-state index contributed by atoms with van der Waals surface area (Å²) in [4.78, 5) is 11.7.